The number of hydrogen-bond donors (Lipinski definition) is 1. The van der Waals surface area contributed by atoms with Crippen LogP contribution in [0.25, 0.3) is 6.08 Å². The monoisotopic (exact) mass is 298 g/mol. The minimum absolute atomic E-state index is 0.122. The van der Waals surface area contributed by atoms with Gasteiger partial charge in [-0.2, -0.15) is 0 Å². The van der Waals surface area contributed by atoms with Gasteiger partial charge in [-0.1, -0.05) is 19.9 Å². The predicted octanol–water partition coefficient (Wildman–Crippen LogP) is 3.79. The summed E-state index contributed by atoms with van der Waals surface area (Å²) in [6.45, 7) is 5.93. The summed E-state index contributed by atoms with van der Waals surface area (Å²) in [5.74, 6) is 1.22. The Morgan fingerprint density at radius 1 is 1.27 bits per heavy atom. The van der Waals surface area contributed by atoms with Gasteiger partial charge < -0.3 is 9.84 Å². The van der Waals surface area contributed by atoms with Gasteiger partial charge in [-0.15, -0.1) is 0 Å². The van der Waals surface area contributed by atoms with Gasteiger partial charge in [0, 0.05) is 17.4 Å². The fourth-order valence-electron chi connectivity index (χ4n) is 3.58. The molecular weight excluding hydrogens is 276 g/mol. The molecule has 2 aliphatic carbocycles. The highest BCUT2D eigenvalue weighted by Crippen LogP contribution is 2.46. The molecule has 0 bridgehead atoms. The largest absolute Gasteiger partial charge is 0.508 e. The number of aromatic hydroxyl groups is 1. The molecule has 3 heteroatoms. The van der Waals surface area contributed by atoms with E-state index in [0.717, 1.165) is 29.5 Å². The minimum Gasteiger partial charge on any atom is -0.508 e. The van der Waals surface area contributed by atoms with E-state index in [1.54, 1.807) is 13.2 Å². The van der Waals surface area contributed by atoms with E-state index in [-0.39, 0.29) is 11.7 Å². The Hall–Kier alpha value is -2.03. The molecule has 22 heavy (non-hydrogen) atoms. The molecule has 0 heterocycles. The van der Waals surface area contributed by atoms with Gasteiger partial charge >= 0.3 is 0 Å². The second kappa shape index (κ2) is 5.01. The summed E-state index contributed by atoms with van der Waals surface area (Å²) < 4.78 is 5.46. The van der Waals surface area contributed by atoms with Crippen molar-refractivity contribution >= 4 is 11.9 Å². The molecule has 1 aromatic rings. The zero-order valence-corrected chi connectivity index (χ0v) is 13.6. The smallest absolute Gasteiger partial charge is 0.165 e. The van der Waals surface area contributed by atoms with Crippen LogP contribution in [-0.4, -0.2) is 18.0 Å². The van der Waals surface area contributed by atoms with E-state index in [4.69, 9.17) is 4.74 Å². The van der Waals surface area contributed by atoms with Gasteiger partial charge in [-0.3, -0.25) is 4.79 Å². The average molecular weight is 298 g/mol. The van der Waals surface area contributed by atoms with E-state index in [2.05, 4.69) is 6.08 Å². The van der Waals surface area contributed by atoms with Crippen LogP contribution in [-0.2, 0) is 16.0 Å². The summed E-state index contributed by atoms with van der Waals surface area (Å²) in [6.07, 6.45) is 5.49. The molecule has 3 rings (SSSR count). The van der Waals surface area contributed by atoms with Crippen molar-refractivity contribution in [1.82, 2.24) is 0 Å². The Balaban J connectivity index is 2.19. The van der Waals surface area contributed by atoms with Crippen molar-refractivity contribution < 1.29 is 14.6 Å². The van der Waals surface area contributed by atoms with E-state index in [1.807, 2.05) is 32.9 Å². The molecule has 0 unspecified atom stereocenters. The van der Waals surface area contributed by atoms with Crippen LogP contribution in [0.4, 0.5) is 0 Å². The Bertz CT molecular complexity index is 708. The van der Waals surface area contributed by atoms with E-state index < -0.39 is 5.41 Å². The highest BCUT2D eigenvalue weighted by atomic mass is 16.5. The van der Waals surface area contributed by atoms with E-state index in [9.17, 15) is 9.90 Å². The maximum atomic E-state index is 12.4. The average Bonchev–Trinajstić information content (AvgIpc) is 2.64. The SMILES string of the molecule is COC1=CC(=O)C(C)(C)[C@@H]2CCc3cc(C)c(O)cc3C=C12. The quantitative estimate of drug-likeness (QED) is 0.858. The number of phenols is 1. The Morgan fingerprint density at radius 3 is 2.68 bits per heavy atom. The summed E-state index contributed by atoms with van der Waals surface area (Å²) in [4.78, 5) is 12.4. The number of aryl methyl sites for hydroxylation is 2. The molecule has 1 atom stereocenters. The van der Waals surface area contributed by atoms with Crippen molar-refractivity contribution in [2.24, 2.45) is 11.3 Å². The lowest BCUT2D eigenvalue weighted by Crippen LogP contribution is -2.37. The number of carbonyl (C=O) groups excluding carboxylic acids is 1. The molecule has 0 amide bonds. The standard InChI is InChI=1S/C19H22O3/c1-11-7-12-5-6-15-14(8-13(12)9-16(11)20)17(22-4)10-18(21)19(15,2)3/h7-10,15,20H,5-6H2,1-4H3/t15-/m1/s1. The number of ether oxygens (including phenoxy) is 1. The first-order valence-electron chi connectivity index (χ1n) is 7.69. The molecule has 0 fully saturated rings. The van der Waals surface area contributed by atoms with Gasteiger partial charge in [0.05, 0.1) is 7.11 Å². The van der Waals surface area contributed by atoms with E-state index in [0.29, 0.717) is 11.5 Å². The topological polar surface area (TPSA) is 46.5 Å². The van der Waals surface area contributed by atoms with Crippen molar-refractivity contribution in [3.63, 3.8) is 0 Å². The molecule has 116 valence electrons. The third-order valence-corrected chi connectivity index (χ3v) is 5.12. The first-order valence-corrected chi connectivity index (χ1v) is 7.69. The summed E-state index contributed by atoms with van der Waals surface area (Å²) >= 11 is 0. The van der Waals surface area contributed by atoms with Crippen molar-refractivity contribution in [2.45, 2.75) is 33.6 Å². The van der Waals surface area contributed by atoms with Crippen molar-refractivity contribution in [3.8, 4) is 5.75 Å². The number of ketones is 1. The second-order valence-corrected chi connectivity index (χ2v) is 6.83. The number of benzene rings is 1. The molecule has 1 N–H and O–H groups in total. The van der Waals surface area contributed by atoms with Gasteiger partial charge in [0.15, 0.2) is 5.78 Å². The van der Waals surface area contributed by atoms with Crippen LogP contribution in [0.15, 0.2) is 29.5 Å². The Kier molecular flexibility index (Phi) is 3.39. The molecule has 0 spiro atoms. The van der Waals surface area contributed by atoms with Gasteiger partial charge in [-0.05, 0) is 54.2 Å². The predicted molar refractivity (Wildman–Crippen MR) is 86.5 cm³/mol. The number of hydrogen-bond acceptors (Lipinski definition) is 3. The first-order chi connectivity index (χ1) is 10.3. The summed E-state index contributed by atoms with van der Waals surface area (Å²) in [5.41, 5.74) is 3.77. The second-order valence-electron chi connectivity index (χ2n) is 6.83. The molecular formula is C19H22O3. The Morgan fingerprint density at radius 2 is 2.00 bits per heavy atom. The van der Waals surface area contributed by atoms with Crippen LogP contribution >= 0.6 is 0 Å². The van der Waals surface area contributed by atoms with Crippen molar-refractivity contribution in [3.05, 3.63) is 46.2 Å². The number of rotatable bonds is 1. The zero-order chi connectivity index (χ0) is 16.1. The molecule has 1 aromatic carbocycles. The lowest BCUT2D eigenvalue weighted by atomic mass is 9.66. The number of carbonyl (C=O) groups is 1. The maximum Gasteiger partial charge on any atom is 0.165 e. The number of phenolic OH excluding ortho intramolecular Hbond substituents is 1. The normalized spacial score (nSPS) is 22.9. The van der Waals surface area contributed by atoms with Crippen LogP contribution in [0.2, 0.25) is 0 Å². The van der Waals surface area contributed by atoms with Crippen LogP contribution in [0.1, 0.15) is 37.0 Å². The lowest BCUT2D eigenvalue weighted by molar-refractivity contribution is -0.125. The van der Waals surface area contributed by atoms with Crippen LogP contribution in [0, 0.1) is 18.3 Å². The Labute approximate surface area is 131 Å². The molecule has 0 radical (unpaired) electrons. The van der Waals surface area contributed by atoms with Gasteiger partial charge in [0.25, 0.3) is 0 Å². The molecule has 0 saturated carbocycles. The first kappa shape index (κ1) is 14.9. The van der Waals surface area contributed by atoms with Crippen molar-refractivity contribution in [2.75, 3.05) is 7.11 Å². The zero-order valence-electron chi connectivity index (χ0n) is 13.6. The van der Waals surface area contributed by atoms with Gasteiger partial charge in [0.1, 0.15) is 11.5 Å². The maximum absolute atomic E-state index is 12.4. The number of fused-ring (bicyclic) bond motifs is 2. The summed E-state index contributed by atoms with van der Waals surface area (Å²) in [5, 5.41) is 10.0. The van der Waals surface area contributed by atoms with Gasteiger partial charge in [0.2, 0.25) is 0 Å². The van der Waals surface area contributed by atoms with Crippen molar-refractivity contribution in [1.29, 1.82) is 0 Å². The summed E-state index contributed by atoms with van der Waals surface area (Å²) in [6, 6.07) is 3.86. The van der Waals surface area contributed by atoms with Crippen LogP contribution in [0.5, 0.6) is 5.75 Å². The fraction of sp³-hybridized carbons (Fsp3) is 0.421. The lowest BCUT2D eigenvalue weighted by Gasteiger charge is -2.37. The highest BCUT2D eigenvalue weighted by molar-refractivity contribution is 5.98. The third-order valence-electron chi connectivity index (χ3n) is 5.12. The number of methoxy groups -OCH3 is 1. The number of allylic oxidation sites excluding steroid dienone is 2. The molecule has 0 saturated heterocycles. The minimum atomic E-state index is -0.424. The van der Waals surface area contributed by atoms with Gasteiger partial charge in [-0.25, -0.2) is 0 Å². The summed E-state index contributed by atoms with van der Waals surface area (Å²) in [7, 11) is 1.60. The molecule has 3 nitrogen and oxygen atoms in total. The molecule has 0 aliphatic heterocycles. The fourth-order valence-corrected chi connectivity index (χ4v) is 3.58. The highest BCUT2D eigenvalue weighted by Gasteiger charge is 2.43. The third kappa shape index (κ3) is 2.16. The molecule has 2 aliphatic rings. The van der Waals surface area contributed by atoms with Crippen LogP contribution in [0.3, 0.4) is 0 Å². The van der Waals surface area contributed by atoms with Crippen LogP contribution < -0.4 is 0 Å². The van der Waals surface area contributed by atoms with E-state index >= 15 is 0 Å². The van der Waals surface area contributed by atoms with E-state index in [1.165, 1.54) is 5.56 Å². The molecule has 0 aromatic heterocycles.